The Balaban J connectivity index is 1.63. The molecule has 2 heterocycles. The summed E-state index contributed by atoms with van der Waals surface area (Å²) in [5.74, 6) is 0.234. The second kappa shape index (κ2) is 7.01. The minimum atomic E-state index is -0.333. The number of hydrogen-bond acceptors (Lipinski definition) is 3. The topological polar surface area (TPSA) is 63.6 Å². The SMILES string of the molecule is COc1cccc(N2CC(C(=O)NCc3ccc(C)n3C)CC2=O)c1. The summed E-state index contributed by atoms with van der Waals surface area (Å²) < 4.78 is 7.25. The second-order valence-electron chi connectivity index (χ2n) is 6.35. The molecule has 1 N–H and O–H groups in total. The Labute approximate surface area is 147 Å². The fourth-order valence-corrected chi connectivity index (χ4v) is 3.08. The van der Waals surface area contributed by atoms with Crippen molar-refractivity contribution >= 4 is 17.5 Å². The molecule has 0 saturated carbocycles. The molecule has 0 bridgehead atoms. The first kappa shape index (κ1) is 17.1. The number of carbonyl (C=O) groups is 2. The van der Waals surface area contributed by atoms with Gasteiger partial charge in [-0.1, -0.05) is 6.07 Å². The van der Waals surface area contributed by atoms with Crippen molar-refractivity contribution in [2.45, 2.75) is 19.9 Å². The van der Waals surface area contributed by atoms with Gasteiger partial charge in [-0.2, -0.15) is 0 Å². The highest BCUT2D eigenvalue weighted by atomic mass is 16.5. The number of benzene rings is 1. The molecule has 2 amide bonds. The fraction of sp³-hybridized carbons (Fsp3) is 0.368. The molecule has 0 aliphatic carbocycles. The molecule has 6 nitrogen and oxygen atoms in total. The van der Waals surface area contributed by atoms with Crippen LogP contribution in [0.3, 0.4) is 0 Å². The number of nitrogens with one attached hydrogen (secondary N) is 1. The third-order valence-electron chi connectivity index (χ3n) is 4.78. The molecular formula is C19H23N3O3. The Morgan fingerprint density at radius 1 is 1.32 bits per heavy atom. The zero-order chi connectivity index (χ0) is 18.0. The molecule has 1 aromatic heterocycles. The Bertz CT molecular complexity index is 797. The van der Waals surface area contributed by atoms with E-state index in [4.69, 9.17) is 4.74 Å². The number of aryl methyl sites for hydroxylation is 1. The molecule has 132 valence electrons. The van der Waals surface area contributed by atoms with E-state index >= 15 is 0 Å². The van der Waals surface area contributed by atoms with E-state index in [1.54, 1.807) is 12.0 Å². The zero-order valence-corrected chi connectivity index (χ0v) is 14.8. The van der Waals surface area contributed by atoms with Gasteiger partial charge in [0.2, 0.25) is 11.8 Å². The average Bonchev–Trinajstić information content (AvgIpc) is 3.16. The fourth-order valence-electron chi connectivity index (χ4n) is 3.08. The van der Waals surface area contributed by atoms with Gasteiger partial charge in [0.25, 0.3) is 0 Å². The summed E-state index contributed by atoms with van der Waals surface area (Å²) in [5, 5.41) is 2.95. The van der Waals surface area contributed by atoms with Gasteiger partial charge in [-0.3, -0.25) is 9.59 Å². The first-order valence-corrected chi connectivity index (χ1v) is 8.33. The van der Waals surface area contributed by atoms with Crippen LogP contribution in [0, 0.1) is 12.8 Å². The normalized spacial score (nSPS) is 17.0. The number of rotatable bonds is 5. The van der Waals surface area contributed by atoms with E-state index in [2.05, 4.69) is 5.32 Å². The van der Waals surface area contributed by atoms with Gasteiger partial charge in [-0.05, 0) is 31.2 Å². The van der Waals surface area contributed by atoms with Crippen molar-refractivity contribution < 1.29 is 14.3 Å². The van der Waals surface area contributed by atoms with Crippen LogP contribution < -0.4 is 15.0 Å². The molecule has 1 aliphatic heterocycles. The molecule has 25 heavy (non-hydrogen) atoms. The third-order valence-corrected chi connectivity index (χ3v) is 4.78. The number of aromatic nitrogens is 1. The summed E-state index contributed by atoms with van der Waals surface area (Å²) in [4.78, 5) is 26.4. The van der Waals surface area contributed by atoms with Gasteiger partial charge in [-0.15, -0.1) is 0 Å². The van der Waals surface area contributed by atoms with Gasteiger partial charge in [0.15, 0.2) is 0 Å². The number of nitrogens with zero attached hydrogens (tertiary/aromatic N) is 2. The molecule has 1 saturated heterocycles. The smallest absolute Gasteiger partial charge is 0.227 e. The Hall–Kier alpha value is -2.76. The second-order valence-corrected chi connectivity index (χ2v) is 6.35. The van der Waals surface area contributed by atoms with Crippen LogP contribution in [0.1, 0.15) is 17.8 Å². The summed E-state index contributed by atoms with van der Waals surface area (Å²) in [6, 6.07) is 11.4. The maximum atomic E-state index is 12.5. The van der Waals surface area contributed by atoms with Gasteiger partial charge < -0.3 is 19.5 Å². The predicted molar refractivity (Wildman–Crippen MR) is 95.5 cm³/mol. The van der Waals surface area contributed by atoms with E-state index in [0.29, 0.717) is 18.8 Å². The number of hydrogen-bond donors (Lipinski definition) is 1. The lowest BCUT2D eigenvalue weighted by atomic mass is 10.1. The lowest BCUT2D eigenvalue weighted by molar-refractivity contribution is -0.126. The van der Waals surface area contributed by atoms with Crippen molar-refractivity contribution in [1.29, 1.82) is 0 Å². The molecule has 1 aliphatic rings. The van der Waals surface area contributed by atoms with Crippen LogP contribution in [0.25, 0.3) is 0 Å². The van der Waals surface area contributed by atoms with Crippen molar-refractivity contribution in [3.8, 4) is 5.75 Å². The molecule has 1 atom stereocenters. The highest BCUT2D eigenvalue weighted by Gasteiger charge is 2.35. The maximum absolute atomic E-state index is 12.5. The lowest BCUT2D eigenvalue weighted by Crippen LogP contribution is -2.33. The van der Waals surface area contributed by atoms with Crippen molar-refractivity contribution in [3.05, 3.63) is 47.8 Å². The van der Waals surface area contributed by atoms with Gasteiger partial charge >= 0.3 is 0 Å². The summed E-state index contributed by atoms with van der Waals surface area (Å²) in [5.41, 5.74) is 2.95. The third kappa shape index (κ3) is 3.52. The number of ether oxygens (including phenoxy) is 1. The molecule has 0 radical (unpaired) electrons. The van der Waals surface area contributed by atoms with Gasteiger partial charge in [0, 0.05) is 43.2 Å². The van der Waals surface area contributed by atoms with Crippen molar-refractivity contribution in [3.63, 3.8) is 0 Å². The van der Waals surface area contributed by atoms with Crippen LogP contribution in [0.4, 0.5) is 5.69 Å². The minimum Gasteiger partial charge on any atom is -0.497 e. The molecule has 2 aromatic rings. The van der Waals surface area contributed by atoms with Crippen LogP contribution in [0.15, 0.2) is 36.4 Å². The van der Waals surface area contributed by atoms with E-state index in [-0.39, 0.29) is 24.2 Å². The van der Waals surface area contributed by atoms with Gasteiger partial charge in [-0.25, -0.2) is 0 Å². The highest BCUT2D eigenvalue weighted by Crippen LogP contribution is 2.28. The number of anilines is 1. The first-order valence-electron chi connectivity index (χ1n) is 8.33. The Morgan fingerprint density at radius 2 is 2.12 bits per heavy atom. The van der Waals surface area contributed by atoms with Crippen molar-refractivity contribution in [1.82, 2.24) is 9.88 Å². The number of carbonyl (C=O) groups excluding carboxylic acids is 2. The van der Waals surface area contributed by atoms with E-state index < -0.39 is 0 Å². The molecule has 1 fully saturated rings. The van der Waals surface area contributed by atoms with Gasteiger partial charge in [0.1, 0.15) is 5.75 Å². The summed E-state index contributed by atoms with van der Waals surface area (Å²) in [6.45, 7) is 2.88. The average molecular weight is 341 g/mol. The standard InChI is InChI=1S/C19H23N3O3/c1-13-7-8-16(21(13)2)11-20-19(24)14-9-18(23)22(12-14)15-5-4-6-17(10-15)25-3/h4-8,10,14H,9,11-12H2,1-3H3,(H,20,24). The quantitative estimate of drug-likeness (QED) is 0.905. The molecule has 3 rings (SSSR count). The van der Waals surface area contributed by atoms with E-state index in [0.717, 1.165) is 17.1 Å². The van der Waals surface area contributed by atoms with Crippen LogP contribution >= 0.6 is 0 Å². The first-order chi connectivity index (χ1) is 12.0. The Kier molecular flexibility index (Phi) is 4.79. The van der Waals surface area contributed by atoms with Crippen molar-refractivity contribution in [2.75, 3.05) is 18.6 Å². The van der Waals surface area contributed by atoms with E-state index in [9.17, 15) is 9.59 Å². The van der Waals surface area contributed by atoms with Crippen LogP contribution in [0.2, 0.25) is 0 Å². The molecule has 1 unspecified atom stereocenters. The molecule has 6 heteroatoms. The van der Waals surface area contributed by atoms with Crippen molar-refractivity contribution in [2.24, 2.45) is 13.0 Å². The van der Waals surface area contributed by atoms with Crippen LogP contribution in [-0.2, 0) is 23.2 Å². The molecule has 0 spiro atoms. The largest absolute Gasteiger partial charge is 0.497 e. The molecular weight excluding hydrogens is 318 g/mol. The summed E-state index contributed by atoms with van der Waals surface area (Å²) in [6.07, 6.45) is 0.231. The van der Waals surface area contributed by atoms with Gasteiger partial charge in [0.05, 0.1) is 19.6 Å². The van der Waals surface area contributed by atoms with Crippen LogP contribution in [-0.4, -0.2) is 30.0 Å². The van der Waals surface area contributed by atoms with E-state index in [1.807, 2.05) is 54.9 Å². The predicted octanol–water partition coefficient (Wildman–Crippen LogP) is 2.01. The molecule has 1 aromatic carbocycles. The summed E-state index contributed by atoms with van der Waals surface area (Å²) in [7, 11) is 3.56. The summed E-state index contributed by atoms with van der Waals surface area (Å²) >= 11 is 0. The number of amides is 2. The van der Waals surface area contributed by atoms with E-state index in [1.165, 1.54) is 0 Å². The maximum Gasteiger partial charge on any atom is 0.227 e. The monoisotopic (exact) mass is 341 g/mol. The highest BCUT2D eigenvalue weighted by molar-refractivity contribution is 6.00. The zero-order valence-electron chi connectivity index (χ0n) is 14.8. The number of methoxy groups -OCH3 is 1. The van der Waals surface area contributed by atoms with Crippen LogP contribution in [0.5, 0.6) is 5.75 Å². The minimum absolute atomic E-state index is 0.0388. The Morgan fingerprint density at radius 3 is 2.80 bits per heavy atom. The lowest BCUT2D eigenvalue weighted by Gasteiger charge is -2.17.